The number of rotatable bonds is 2. The molecular weight excluding hydrogens is 254 g/mol. The summed E-state index contributed by atoms with van der Waals surface area (Å²) in [7, 11) is 1.28. The summed E-state index contributed by atoms with van der Waals surface area (Å²) in [5, 5.41) is 3.62. The standard InChI is InChI=1S/C13H12ClNO3/c1-18-13(17)12-7-10(16)6-11(15-12)8-2-4-9(14)5-3-8/h2-5,7,11,15H,6H2,1H3. The molecule has 1 heterocycles. The Morgan fingerprint density at radius 1 is 1.39 bits per heavy atom. The second-order valence-corrected chi connectivity index (χ2v) is 4.40. The number of ketones is 1. The average molecular weight is 266 g/mol. The summed E-state index contributed by atoms with van der Waals surface area (Å²) in [6.07, 6.45) is 1.58. The maximum Gasteiger partial charge on any atom is 0.354 e. The molecule has 1 aliphatic heterocycles. The van der Waals surface area contributed by atoms with E-state index < -0.39 is 5.97 Å². The van der Waals surface area contributed by atoms with Gasteiger partial charge in [0.2, 0.25) is 0 Å². The van der Waals surface area contributed by atoms with Crippen molar-refractivity contribution < 1.29 is 14.3 Å². The SMILES string of the molecule is COC(=O)C1=CC(=O)CC(c2ccc(Cl)cc2)N1. The quantitative estimate of drug-likeness (QED) is 0.831. The third-order valence-corrected chi connectivity index (χ3v) is 2.97. The number of methoxy groups -OCH3 is 1. The van der Waals surface area contributed by atoms with Crippen molar-refractivity contribution in [2.75, 3.05) is 7.11 Å². The van der Waals surface area contributed by atoms with Gasteiger partial charge in [-0.05, 0) is 17.7 Å². The first-order chi connectivity index (χ1) is 8.60. The van der Waals surface area contributed by atoms with E-state index in [4.69, 9.17) is 11.6 Å². The molecule has 1 aliphatic rings. The van der Waals surface area contributed by atoms with E-state index in [1.54, 1.807) is 12.1 Å². The molecule has 0 radical (unpaired) electrons. The Morgan fingerprint density at radius 2 is 2.06 bits per heavy atom. The highest BCUT2D eigenvalue weighted by Crippen LogP contribution is 2.24. The molecule has 18 heavy (non-hydrogen) atoms. The number of halogens is 1. The highest BCUT2D eigenvalue weighted by molar-refractivity contribution is 6.30. The van der Waals surface area contributed by atoms with E-state index in [1.165, 1.54) is 13.2 Å². The van der Waals surface area contributed by atoms with Gasteiger partial charge in [0.15, 0.2) is 5.78 Å². The lowest BCUT2D eigenvalue weighted by molar-refractivity contribution is -0.137. The normalized spacial score (nSPS) is 18.9. The van der Waals surface area contributed by atoms with Crippen LogP contribution in [-0.4, -0.2) is 18.9 Å². The zero-order valence-corrected chi connectivity index (χ0v) is 10.5. The Balaban J connectivity index is 2.22. The number of benzene rings is 1. The number of hydrogen-bond acceptors (Lipinski definition) is 4. The molecule has 5 heteroatoms. The van der Waals surface area contributed by atoms with Crippen LogP contribution in [0.25, 0.3) is 0 Å². The lowest BCUT2D eigenvalue weighted by atomic mass is 9.97. The van der Waals surface area contributed by atoms with Crippen LogP contribution in [0, 0.1) is 0 Å². The highest BCUT2D eigenvalue weighted by Gasteiger charge is 2.25. The number of ether oxygens (including phenoxy) is 1. The molecule has 0 aliphatic carbocycles. The van der Waals surface area contributed by atoms with Crippen LogP contribution in [0.3, 0.4) is 0 Å². The molecule has 94 valence electrons. The van der Waals surface area contributed by atoms with E-state index in [-0.39, 0.29) is 17.5 Å². The largest absolute Gasteiger partial charge is 0.464 e. The molecule has 0 saturated carbocycles. The Labute approximate surface area is 110 Å². The summed E-state index contributed by atoms with van der Waals surface area (Å²) in [6, 6.07) is 6.92. The van der Waals surface area contributed by atoms with Gasteiger partial charge in [0, 0.05) is 17.5 Å². The first kappa shape index (κ1) is 12.6. The van der Waals surface area contributed by atoms with E-state index in [0.29, 0.717) is 11.4 Å². The summed E-state index contributed by atoms with van der Waals surface area (Å²) in [4.78, 5) is 23.0. The van der Waals surface area contributed by atoms with E-state index in [0.717, 1.165) is 5.56 Å². The molecule has 0 amide bonds. The molecule has 1 unspecified atom stereocenters. The molecule has 4 nitrogen and oxygen atoms in total. The molecule has 1 N–H and O–H groups in total. The average Bonchev–Trinajstić information content (AvgIpc) is 2.38. The van der Waals surface area contributed by atoms with E-state index >= 15 is 0 Å². The third-order valence-electron chi connectivity index (χ3n) is 2.72. The maximum atomic E-state index is 11.6. The van der Waals surface area contributed by atoms with Gasteiger partial charge >= 0.3 is 5.97 Å². The molecule has 0 spiro atoms. The Morgan fingerprint density at radius 3 is 2.67 bits per heavy atom. The van der Waals surface area contributed by atoms with Crippen LogP contribution in [0.15, 0.2) is 36.0 Å². The van der Waals surface area contributed by atoms with Crippen molar-refractivity contribution in [3.63, 3.8) is 0 Å². The molecule has 0 bridgehead atoms. The monoisotopic (exact) mass is 265 g/mol. The molecule has 1 atom stereocenters. The second kappa shape index (κ2) is 5.23. The van der Waals surface area contributed by atoms with Gasteiger partial charge in [-0.15, -0.1) is 0 Å². The van der Waals surface area contributed by atoms with Crippen LogP contribution in [0.4, 0.5) is 0 Å². The van der Waals surface area contributed by atoms with Gasteiger partial charge in [0.25, 0.3) is 0 Å². The lowest BCUT2D eigenvalue weighted by Crippen LogP contribution is -2.32. The van der Waals surface area contributed by atoms with E-state index in [1.807, 2.05) is 12.1 Å². The fourth-order valence-corrected chi connectivity index (χ4v) is 1.95. The van der Waals surface area contributed by atoms with Gasteiger partial charge in [-0.25, -0.2) is 4.79 Å². The second-order valence-electron chi connectivity index (χ2n) is 3.97. The Hall–Kier alpha value is -1.81. The summed E-state index contributed by atoms with van der Waals surface area (Å²) < 4.78 is 4.60. The number of hydrogen-bond donors (Lipinski definition) is 1. The zero-order chi connectivity index (χ0) is 13.1. The molecule has 1 aromatic carbocycles. The van der Waals surface area contributed by atoms with Crippen molar-refractivity contribution in [3.8, 4) is 0 Å². The van der Waals surface area contributed by atoms with Gasteiger partial charge in [-0.2, -0.15) is 0 Å². The fourth-order valence-electron chi connectivity index (χ4n) is 1.83. The topological polar surface area (TPSA) is 55.4 Å². The van der Waals surface area contributed by atoms with Gasteiger partial charge in [0.05, 0.1) is 13.2 Å². The highest BCUT2D eigenvalue weighted by atomic mass is 35.5. The predicted molar refractivity (Wildman–Crippen MR) is 67.1 cm³/mol. The van der Waals surface area contributed by atoms with Gasteiger partial charge < -0.3 is 10.1 Å². The van der Waals surface area contributed by atoms with E-state index in [9.17, 15) is 9.59 Å². The zero-order valence-electron chi connectivity index (χ0n) is 9.77. The molecule has 1 aromatic rings. The van der Waals surface area contributed by atoms with Crippen molar-refractivity contribution in [2.24, 2.45) is 0 Å². The van der Waals surface area contributed by atoms with Crippen LogP contribution >= 0.6 is 11.6 Å². The minimum atomic E-state index is -0.540. The lowest BCUT2D eigenvalue weighted by Gasteiger charge is -2.23. The van der Waals surface area contributed by atoms with Gasteiger partial charge in [0.1, 0.15) is 5.70 Å². The smallest absolute Gasteiger partial charge is 0.354 e. The van der Waals surface area contributed by atoms with Gasteiger partial charge in [-0.1, -0.05) is 23.7 Å². The molecule has 0 aromatic heterocycles. The summed E-state index contributed by atoms with van der Waals surface area (Å²) >= 11 is 5.81. The van der Waals surface area contributed by atoms with E-state index in [2.05, 4.69) is 10.1 Å². The number of carbonyl (C=O) groups is 2. The Bertz CT molecular complexity index is 507. The third kappa shape index (κ3) is 2.71. The molecule has 0 fully saturated rings. The van der Waals surface area contributed by atoms with Crippen LogP contribution in [-0.2, 0) is 14.3 Å². The number of carbonyl (C=O) groups excluding carboxylic acids is 2. The predicted octanol–water partition coefficient (Wildman–Crippen LogP) is 2.00. The maximum absolute atomic E-state index is 11.6. The van der Waals surface area contributed by atoms with Crippen molar-refractivity contribution in [2.45, 2.75) is 12.5 Å². The van der Waals surface area contributed by atoms with Gasteiger partial charge in [-0.3, -0.25) is 4.79 Å². The van der Waals surface area contributed by atoms with Crippen LogP contribution < -0.4 is 5.32 Å². The fraction of sp³-hybridized carbons (Fsp3) is 0.231. The molecular formula is C13H12ClNO3. The number of nitrogens with one attached hydrogen (secondary N) is 1. The number of allylic oxidation sites excluding steroid dienone is 1. The van der Waals surface area contributed by atoms with Crippen LogP contribution in [0.2, 0.25) is 5.02 Å². The Kier molecular flexibility index (Phi) is 3.67. The summed E-state index contributed by atoms with van der Waals surface area (Å²) in [5.41, 5.74) is 1.09. The van der Waals surface area contributed by atoms with Crippen LogP contribution in [0.1, 0.15) is 18.0 Å². The minimum absolute atomic E-state index is 0.103. The van der Waals surface area contributed by atoms with Crippen molar-refractivity contribution in [1.29, 1.82) is 0 Å². The summed E-state index contributed by atoms with van der Waals surface area (Å²) in [5.74, 6) is -0.642. The summed E-state index contributed by atoms with van der Waals surface area (Å²) in [6.45, 7) is 0. The van der Waals surface area contributed by atoms with Crippen molar-refractivity contribution in [1.82, 2.24) is 5.32 Å². The first-order valence-corrected chi connectivity index (χ1v) is 5.83. The van der Waals surface area contributed by atoms with Crippen molar-refractivity contribution in [3.05, 3.63) is 46.6 Å². The molecule has 2 rings (SSSR count). The van der Waals surface area contributed by atoms with Crippen molar-refractivity contribution >= 4 is 23.4 Å². The number of esters is 1. The van der Waals surface area contributed by atoms with Crippen LogP contribution in [0.5, 0.6) is 0 Å². The molecule has 0 saturated heterocycles. The first-order valence-electron chi connectivity index (χ1n) is 5.45. The minimum Gasteiger partial charge on any atom is -0.464 e.